The third kappa shape index (κ3) is 3.58. The van der Waals surface area contributed by atoms with Crippen LogP contribution in [0, 0.1) is 12.7 Å². The molecule has 2 aromatic heterocycles. The van der Waals surface area contributed by atoms with Gasteiger partial charge < -0.3 is 9.73 Å². The number of aromatic nitrogens is 1. The number of fused-ring (bicyclic) bond motifs is 1. The van der Waals surface area contributed by atoms with Crippen LogP contribution in [0.1, 0.15) is 21.7 Å². The SMILES string of the molecule is Cc1ccc2nc(-c3ccc(F)cc3)cc(C(=O)NCc3ccco3)c2c1. The average Bonchev–Trinajstić information content (AvgIpc) is 3.19. The van der Waals surface area contributed by atoms with Crippen molar-refractivity contribution < 1.29 is 13.6 Å². The third-order valence-corrected chi connectivity index (χ3v) is 4.35. The van der Waals surface area contributed by atoms with Crippen molar-refractivity contribution in [3.63, 3.8) is 0 Å². The molecule has 4 rings (SSSR count). The number of hydrogen-bond acceptors (Lipinski definition) is 3. The molecule has 4 nitrogen and oxygen atoms in total. The lowest BCUT2D eigenvalue weighted by molar-refractivity contribution is 0.0949. The van der Waals surface area contributed by atoms with E-state index in [1.54, 1.807) is 36.6 Å². The first kappa shape index (κ1) is 17.0. The second-order valence-corrected chi connectivity index (χ2v) is 6.34. The second-order valence-electron chi connectivity index (χ2n) is 6.34. The third-order valence-electron chi connectivity index (χ3n) is 4.35. The van der Waals surface area contributed by atoms with Gasteiger partial charge in [-0.2, -0.15) is 0 Å². The number of pyridine rings is 1. The molecular weight excluding hydrogens is 343 g/mol. The molecule has 2 heterocycles. The molecule has 0 aliphatic carbocycles. The molecule has 0 bridgehead atoms. The fraction of sp³-hybridized carbons (Fsp3) is 0.0909. The number of hydrogen-bond donors (Lipinski definition) is 1. The Hall–Kier alpha value is -3.47. The monoisotopic (exact) mass is 360 g/mol. The van der Waals surface area contributed by atoms with Gasteiger partial charge in [-0.25, -0.2) is 9.37 Å². The van der Waals surface area contributed by atoms with Crippen LogP contribution in [0.25, 0.3) is 22.2 Å². The van der Waals surface area contributed by atoms with E-state index in [9.17, 15) is 9.18 Å². The minimum atomic E-state index is -0.313. The van der Waals surface area contributed by atoms with Gasteiger partial charge in [0.25, 0.3) is 5.91 Å². The molecule has 1 amide bonds. The Morgan fingerprint density at radius 3 is 2.67 bits per heavy atom. The molecule has 27 heavy (non-hydrogen) atoms. The van der Waals surface area contributed by atoms with Crippen molar-refractivity contribution in [3.05, 3.63) is 89.6 Å². The van der Waals surface area contributed by atoms with E-state index in [-0.39, 0.29) is 11.7 Å². The van der Waals surface area contributed by atoms with Crippen LogP contribution in [0.2, 0.25) is 0 Å². The summed E-state index contributed by atoms with van der Waals surface area (Å²) < 4.78 is 18.5. The van der Waals surface area contributed by atoms with Crippen molar-refractivity contribution >= 4 is 16.8 Å². The number of amides is 1. The van der Waals surface area contributed by atoms with Crippen molar-refractivity contribution in [2.45, 2.75) is 13.5 Å². The predicted molar refractivity (Wildman–Crippen MR) is 102 cm³/mol. The van der Waals surface area contributed by atoms with Crippen LogP contribution in [-0.4, -0.2) is 10.9 Å². The van der Waals surface area contributed by atoms with E-state index in [2.05, 4.69) is 10.3 Å². The van der Waals surface area contributed by atoms with Gasteiger partial charge in [-0.1, -0.05) is 11.6 Å². The smallest absolute Gasteiger partial charge is 0.252 e. The lowest BCUT2D eigenvalue weighted by atomic mass is 10.0. The van der Waals surface area contributed by atoms with Gasteiger partial charge in [-0.15, -0.1) is 0 Å². The number of nitrogens with one attached hydrogen (secondary N) is 1. The highest BCUT2D eigenvalue weighted by atomic mass is 19.1. The number of rotatable bonds is 4. The van der Waals surface area contributed by atoms with E-state index in [1.807, 2.05) is 25.1 Å². The maximum atomic E-state index is 13.2. The fourth-order valence-electron chi connectivity index (χ4n) is 2.97. The van der Waals surface area contributed by atoms with Crippen LogP contribution in [-0.2, 0) is 6.54 Å². The molecule has 0 radical (unpaired) electrons. The van der Waals surface area contributed by atoms with Crippen molar-refractivity contribution in [1.29, 1.82) is 0 Å². The summed E-state index contributed by atoms with van der Waals surface area (Å²) in [7, 11) is 0. The Balaban J connectivity index is 1.77. The van der Waals surface area contributed by atoms with E-state index < -0.39 is 0 Å². The van der Waals surface area contributed by atoms with Crippen LogP contribution in [0.4, 0.5) is 4.39 Å². The minimum Gasteiger partial charge on any atom is -0.467 e. The van der Waals surface area contributed by atoms with Crippen molar-refractivity contribution in [1.82, 2.24) is 10.3 Å². The number of carbonyl (C=O) groups is 1. The van der Waals surface area contributed by atoms with Crippen LogP contribution in [0.3, 0.4) is 0 Å². The average molecular weight is 360 g/mol. The summed E-state index contributed by atoms with van der Waals surface area (Å²) in [6.07, 6.45) is 1.57. The number of halogens is 1. The van der Waals surface area contributed by atoms with Gasteiger partial charge in [0.1, 0.15) is 11.6 Å². The second kappa shape index (κ2) is 7.03. The maximum Gasteiger partial charge on any atom is 0.252 e. The van der Waals surface area contributed by atoms with Gasteiger partial charge in [-0.3, -0.25) is 4.79 Å². The number of carbonyl (C=O) groups excluding carboxylic acids is 1. The van der Waals surface area contributed by atoms with E-state index in [0.29, 0.717) is 29.1 Å². The van der Waals surface area contributed by atoms with Crippen LogP contribution in [0.5, 0.6) is 0 Å². The van der Waals surface area contributed by atoms with Crippen molar-refractivity contribution in [3.8, 4) is 11.3 Å². The fourth-order valence-corrected chi connectivity index (χ4v) is 2.97. The normalized spacial score (nSPS) is 10.9. The molecule has 1 N–H and O–H groups in total. The largest absolute Gasteiger partial charge is 0.467 e. The van der Waals surface area contributed by atoms with Gasteiger partial charge in [0.2, 0.25) is 0 Å². The van der Waals surface area contributed by atoms with Crippen LogP contribution < -0.4 is 5.32 Å². The molecule has 0 saturated carbocycles. The van der Waals surface area contributed by atoms with Gasteiger partial charge in [0, 0.05) is 10.9 Å². The molecule has 0 spiro atoms. The highest BCUT2D eigenvalue weighted by Crippen LogP contribution is 2.26. The number of nitrogens with zero attached hydrogens (tertiary/aromatic N) is 1. The summed E-state index contributed by atoms with van der Waals surface area (Å²) in [6, 6.07) is 17.2. The number of benzene rings is 2. The number of aryl methyl sites for hydroxylation is 1. The lowest BCUT2D eigenvalue weighted by Gasteiger charge is -2.11. The molecule has 5 heteroatoms. The molecule has 0 atom stereocenters. The maximum absolute atomic E-state index is 13.2. The Bertz CT molecular complexity index is 1100. The molecule has 0 unspecified atom stereocenters. The molecule has 4 aromatic rings. The van der Waals surface area contributed by atoms with Gasteiger partial charge in [-0.05, 0) is 61.5 Å². The molecule has 0 saturated heterocycles. The Morgan fingerprint density at radius 1 is 1.11 bits per heavy atom. The number of furan rings is 1. The summed E-state index contributed by atoms with van der Waals surface area (Å²) >= 11 is 0. The van der Waals surface area contributed by atoms with Crippen molar-refractivity contribution in [2.24, 2.45) is 0 Å². The predicted octanol–water partition coefficient (Wildman–Crippen LogP) is 4.87. The molecule has 134 valence electrons. The molecule has 0 fully saturated rings. The first-order valence-corrected chi connectivity index (χ1v) is 8.58. The Morgan fingerprint density at radius 2 is 1.93 bits per heavy atom. The van der Waals surface area contributed by atoms with Gasteiger partial charge >= 0.3 is 0 Å². The molecule has 2 aromatic carbocycles. The molecule has 0 aliphatic rings. The van der Waals surface area contributed by atoms with E-state index in [0.717, 1.165) is 16.5 Å². The Labute approximate surface area is 155 Å². The lowest BCUT2D eigenvalue weighted by Crippen LogP contribution is -2.23. The van der Waals surface area contributed by atoms with Gasteiger partial charge in [0.05, 0.1) is 29.6 Å². The Kier molecular flexibility index (Phi) is 4.42. The zero-order valence-corrected chi connectivity index (χ0v) is 14.7. The summed E-state index contributed by atoms with van der Waals surface area (Å²) in [6.45, 7) is 2.27. The van der Waals surface area contributed by atoms with E-state index >= 15 is 0 Å². The topological polar surface area (TPSA) is 55.1 Å². The van der Waals surface area contributed by atoms with Crippen LogP contribution >= 0.6 is 0 Å². The molecular formula is C22H17FN2O2. The highest BCUT2D eigenvalue weighted by Gasteiger charge is 2.15. The standard InChI is InChI=1S/C22H17FN2O2/c1-14-4-9-20-18(11-14)19(22(26)24-13-17-3-2-10-27-17)12-21(25-20)15-5-7-16(23)8-6-15/h2-12H,13H2,1H3,(H,24,26). The van der Waals surface area contributed by atoms with Crippen molar-refractivity contribution in [2.75, 3.05) is 0 Å². The van der Waals surface area contributed by atoms with E-state index in [1.165, 1.54) is 12.1 Å². The zero-order chi connectivity index (χ0) is 18.8. The van der Waals surface area contributed by atoms with E-state index in [4.69, 9.17) is 4.42 Å². The summed E-state index contributed by atoms with van der Waals surface area (Å²) in [5.41, 5.74) is 3.65. The minimum absolute atomic E-state index is 0.215. The summed E-state index contributed by atoms with van der Waals surface area (Å²) in [5.74, 6) is 0.149. The van der Waals surface area contributed by atoms with Crippen LogP contribution in [0.15, 0.2) is 71.3 Å². The molecule has 0 aliphatic heterocycles. The zero-order valence-electron chi connectivity index (χ0n) is 14.7. The van der Waals surface area contributed by atoms with Gasteiger partial charge in [0.15, 0.2) is 0 Å². The quantitative estimate of drug-likeness (QED) is 0.565. The highest BCUT2D eigenvalue weighted by molar-refractivity contribution is 6.07. The summed E-state index contributed by atoms with van der Waals surface area (Å²) in [5, 5.41) is 3.66. The first-order chi connectivity index (χ1) is 13.1. The first-order valence-electron chi connectivity index (χ1n) is 8.58. The summed E-state index contributed by atoms with van der Waals surface area (Å²) in [4.78, 5) is 17.5.